The monoisotopic (exact) mass is 300 g/mol. The summed E-state index contributed by atoms with van der Waals surface area (Å²) < 4.78 is 1.64. The van der Waals surface area contributed by atoms with Crippen molar-refractivity contribution >= 4 is 23.4 Å². The van der Waals surface area contributed by atoms with Gasteiger partial charge in [0.2, 0.25) is 0 Å². The Bertz CT molecular complexity index is 642. The molecule has 2 rings (SSSR count). The summed E-state index contributed by atoms with van der Waals surface area (Å²) in [6, 6.07) is 8.96. The van der Waals surface area contributed by atoms with Gasteiger partial charge in [0.1, 0.15) is 0 Å². The molecule has 0 saturated heterocycles. The third-order valence-corrected chi connectivity index (χ3v) is 3.56. The fraction of sp³-hybridized carbons (Fsp3) is 0.200. The predicted octanol–water partition coefficient (Wildman–Crippen LogP) is 1.55. The molecule has 108 valence electrons. The highest BCUT2D eigenvalue weighted by molar-refractivity contribution is 7.99. The van der Waals surface area contributed by atoms with Crippen LogP contribution in [0.25, 0.3) is 5.69 Å². The number of benzene rings is 1. The van der Waals surface area contributed by atoms with Crippen LogP contribution in [0, 0.1) is 12.3 Å². The molecule has 2 aromatic rings. The maximum Gasteiger partial charge on any atom is 0.271 e. The Morgan fingerprint density at radius 2 is 2.14 bits per heavy atom. The highest BCUT2D eigenvalue weighted by Crippen LogP contribution is 2.10. The lowest BCUT2D eigenvalue weighted by molar-refractivity contribution is 0.0951. The van der Waals surface area contributed by atoms with Gasteiger partial charge in [-0.1, -0.05) is 5.92 Å². The molecular weight excluding hydrogens is 284 g/mol. The molecule has 5 nitrogen and oxygen atoms in total. The maximum absolute atomic E-state index is 11.9. The highest BCUT2D eigenvalue weighted by atomic mass is 32.2. The average Bonchev–Trinajstić information content (AvgIpc) is 2.97. The number of hydrogen-bond acceptors (Lipinski definition) is 4. The van der Waals surface area contributed by atoms with Crippen LogP contribution in [0.5, 0.6) is 0 Å². The van der Waals surface area contributed by atoms with Gasteiger partial charge >= 0.3 is 0 Å². The number of hydrogen-bond donors (Lipinski definition) is 2. The van der Waals surface area contributed by atoms with Crippen molar-refractivity contribution in [1.29, 1.82) is 0 Å². The Labute approximate surface area is 127 Å². The van der Waals surface area contributed by atoms with E-state index in [9.17, 15) is 4.79 Å². The summed E-state index contributed by atoms with van der Waals surface area (Å²) in [4.78, 5) is 11.9. The van der Waals surface area contributed by atoms with Crippen molar-refractivity contribution in [3.8, 4) is 18.0 Å². The molecular formula is C15H16N4OS. The smallest absolute Gasteiger partial charge is 0.271 e. The van der Waals surface area contributed by atoms with Crippen LogP contribution >= 0.6 is 11.8 Å². The summed E-state index contributed by atoms with van der Waals surface area (Å²) in [5, 5.41) is 7.06. The molecule has 0 fully saturated rings. The first-order valence-corrected chi connectivity index (χ1v) is 7.57. The number of nitrogen functional groups attached to an aromatic ring is 1. The zero-order valence-electron chi connectivity index (χ0n) is 11.5. The van der Waals surface area contributed by atoms with E-state index in [2.05, 4.69) is 16.3 Å². The molecule has 1 heterocycles. The van der Waals surface area contributed by atoms with Crippen LogP contribution in [0.2, 0.25) is 0 Å². The van der Waals surface area contributed by atoms with Gasteiger partial charge in [-0.2, -0.15) is 5.10 Å². The zero-order chi connectivity index (χ0) is 15.1. The summed E-state index contributed by atoms with van der Waals surface area (Å²) in [5.41, 5.74) is 7.57. The lowest BCUT2D eigenvalue weighted by Crippen LogP contribution is -2.26. The van der Waals surface area contributed by atoms with Gasteiger partial charge in [0.25, 0.3) is 5.91 Å². The second-order valence-corrected chi connectivity index (χ2v) is 5.35. The van der Waals surface area contributed by atoms with Gasteiger partial charge < -0.3 is 11.1 Å². The number of carbonyl (C=O) groups excluding carboxylic acids is 1. The third-order valence-electron chi connectivity index (χ3n) is 2.70. The zero-order valence-corrected chi connectivity index (χ0v) is 12.3. The predicted molar refractivity (Wildman–Crippen MR) is 86.5 cm³/mol. The number of carbonyl (C=O) groups is 1. The Balaban J connectivity index is 1.92. The van der Waals surface area contributed by atoms with Gasteiger partial charge in [0, 0.05) is 24.2 Å². The second kappa shape index (κ2) is 7.41. The van der Waals surface area contributed by atoms with Gasteiger partial charge in [0.15, 0.2) is 5.69 Å². The van der Waals surface area contributed by atoms with Crippen LogP contribution < -0.4 is 11.1 Å². The van der Waals surface area contributed by atoms with E-state index in [4.69, 9.17) is 12.2 Å². The molecule has 3 N–H and O–H groups in total. The molecule has 1 aromatic carbocycles. The molecule has 0 aliphatic carbocycles. The van der Waals surface area contributed by atoms with E-state index in [0.29, 0.717) is 23.7 Å². The number of rotatable bonds is 6. The first-order valence-electron chi connectivity index (χ1n) is 6.41. The minimum atomic E-state index is -0.189. The Kier molecular flexibility index (Phi) is 5.29. The van der Waals surface area contributed by atoms with Crippen molar-refractivity contribution < 1.29 is 4.79 Å². The van der Waals surface area contributed by atoms with Crippen LogP contribution in [-0.2, 0) is 0 Å². The van der Waals surface area contributed by atoms with E-state index in [0.717, 1.165) is 11.4 Å². The lowest BCUT2D eigenvalue weighted by Gasteiger charge is -2.03. The van der Waals surface area contributed by atoms with Crippen molar-refractivity contribution in [2.75, 3.05) is 23.8 Å². The van der Waals surface area contributed by atoms with E-state index >= 15 is 0 Å². The number of terminal acetylenes is 1. The highest BCUT2D eigenvalue weighted by Gasteiger charge is 2.09. The molecule has 0 bridgehead atoms. The number of thioether (sulfide) groups is 1. The number of anilines is 1. The molecule has 0 radical (unpaired) electrons. The number of nitrogens with two attached hydrogens (primary N) is 1. The van der Waals surface area contributed by atoms with Gasteiger partial charge in [-0.05, 0) is 30.3 Å². The quantitative estimate of drug-likeness (QED) is 0.482. The van der Waals surface area contributed by atoms with Crippen molar-refractivity contribution in [3.63, 3.8) is 0 Å². The molecule has 6 heteroatoms. The molecule has 0 atom stereocenters. The number of aromatic nitrogens is 2. The fourth-order valence-corrected chi connectivity index (χ4v) is 2.18. The van der Waals surface area contributed by atoms with Gasteiger partial charge in [-0.25, -0.2) is 4.68 Å². The number of amides is 1. The Morgan fingerprint density at radius 1 is 1.38 bits per heavy atom. The molecule has 0 spiro atoms. The standard InChI is InChI=1S/C15H16N4OS/c1-2-10-21-11-8-17-15(20)14-7-9-19(18-14)13-5-3-12(16)4-6-13/h1,3-7,9H,8,10-11,16H2,(H,17,20). The maximum atomic E-state index is 11.9. The minimum Gasteiger partial charge on any atom is -0.399 e. The fourth-order valence-electron chi connectivity index (χ4n) is 1.67. The molecule has 0 aliphatic heterocycles. The van der Waals surface area contributed by atoms with E-state index in [-0.39, 0.29) is 5.91 Å². The molecule has 1 aromatic heterocycles. The first kappa shape index (κ1) is 15.0. The molecule has 1 amide bonds. The summed E-state index contributed by atoms with van der Waals surface area (Å²) in [5.74, 6) is 3.79. The summed E-state index contributed by atoms with van der Waals surface area (Å²) in [7, 11) is 0. The average molecular weight is 300 g/mol. The van der Waals surface area contributed by atoms with Crippen LogP contribution in [0.1, 0.15) is 10.5 Å². The normalized spacial score (nSPS) is 10.0. The van der Waals surface area contributed by atoms with Crippen molar-refractivity contribution in [3.05, 3.63) is 42.2 Å². The van der Waals surface area contributed by atoms with Crippen LogP contribution in [-0.4, -0.2) is 33.7 Å². The molecule has 0 aliphatic rings. The molecule has 0 unspecified atom stereocenters. The Hall–Kier alpha value is -2.39. The van der Waals surface area contributed by atoms with E-state index in [1.165, 1.54) is 0 Å². The third kappa shape index (κ3) is 4.29. The van der Waals surface area contributed by atoms with E-state index in [1.807, 2.05) is 12.1 Å². The summed E-state index contributed by atoms with van der Waals surface area (Å²) >= 11 is 1.61. The summed E-state index contributed by atoms with van der Waals surface area (Å²) in [6.45, 7) is 0.569. The topological polar surface area (TPSA) is 72.9 Å². The largest absolute Gasteiger partial charge is 0.399 e. The Morgan fingerprint density at radius 3 is 2.86 bits per heavy atom. The SMILES string of the molecule is C#CCSCCNC(=O)c1ccn(-c2ccc(N)cc2)n1. The van der Waals surface area contributed by atoms with Gasteiger partial charge in [-0.15, -0.1) is 18.2 Å². The van der Waals surface area contributed by atoms with Crippen LogP contribution in [0.4, 0.5) is 5.69 Å². The van der Waals surface area contributed by atoms with Crippen LogP contribution in [0.15, 0.2) is 36.5 Å². The molecule has 21 heavy (non-hydrogen) atoms. The molecule has 0 saturated carbocycles. The van der Waals surface area contributed by atoms with Crippen molar-refractivity contribution in [2.45, 2.75) is 0 Å². The number of nitrogens with one attached hydrogen (secondary N) is 1. The van der Waals surface area contributed by atoms with E-state index in [1.54, 1.807) is 40.8 Å². The van der Waals surface area contributed by atoms with Crippen LogP contribution in [0.3, 0.4) is 0 Å². The van der Waals surface area contributed by atoms with Crippen molar-refractivity contribution in [1.82, 2.24) is 15.1 Å². The second-order valence-electron chi connectivity index (χ2n) is 4.25. The van der Waals surface area contributed by atoms with Gasteiger partial charge in [-0.3, -0.25) is 4.79 Å². The minimum absolute atomic E-state index is 0.189. The van der Waals surface area contributed by atoms with Gasteiger partial charge in [0.05, 0.1) is 11.4 Å². The van der Waals surface area contributed by atoms with E-state index < -0.39 is 0 Å². The van der Waals surface area contributed by atoms with Crippen molar-refractivity contribution in [2.24, 2.45) is 0 Å². The first-order chi connectivity index (χ1) is 10.2. The lowest BCUT2D eigenvalue weighted by atomic mass is 10.3. The number of nitrogens with zero attached hydrogens (tertiary/aromatic N) is 2. The summed E-state index contributed by atoms with van der Waals surface area (Å²) in [6.07, 6.45) is 6.89.